The van der Waals surface area contributed by atoms with Crippen molar-refractivity contribution >= 4 is 16.3 Å². The van der Waals surface area contributed by atoms with Crippen molar-refractivity contribution in [1.29, 1.82) is 0 Å². The number of aliphatic hydroxyl groups excluding tert-OH is 1. The number of nitrogens with zero attached hydrogens (tertiary/aromatic N) is 3. The first-order chi connectivity index (χ1) is 13.6. The summed E-state index contributed by atoms with van der Waals surface area (Å²) >= 11 is 0. The molecule has 0 radical (unpaired) electrons. The normalized spacial score (nSPS) is 24.2. The van der Waals surface area contributed by atoms with Crippen molar-refractivity contribution in [2.24, 2.45) is 5.92 Å². The molecule has 29 heavy (non-hydrogen) atoms. The Morgan fingerprint density at radius 3 is 2.72 bits per heavy atom. The summed E-state index contributed by atoms with van der Waals surface area (Å²) < 4.78 is 35.3. The Morgan fingerprint density at radius 2 is 2.00 bits per heavy atom. The fraction of sp³-hybridized carbons (Fsp3) is 0.474. The molecule has 10 heteroatoms. The van der Waals surface area contributed by atoms with E-state index in [9.17, 15) is 18.3 Å². The van der Waals surface area contributed by atoms with Crippen molar-refractivity contribution in [3.8, 4) is 11.3 Å². The average molecular weight is 420 g/mol. The summed E-state index contributed by atoms with van der Waals surface area (Å²) in [5.41, 5.74) is 2.16. The topological polar surface area (TPSA) is 114 Å². The van der Waals surface area contributed by atoms with Gasteiger partial charge in [0.05, 0.1) is 30.4 Å². The SMILES string of the molecule is CC(C)(C)OC(=O)NS(=O)(=O)N1CC(O)C(C2c3ccccc3-c3cncn32)C1. The van der Waals surface area contributed by atoms with Crippen LogP contribution in [0.3, 0.4) is 0 Å². The molecule has 1 aromatic heterocycles. The number of hydrogen-bond acceptors (Lipinski definition) is 6. The molecule has 9 nitrogen and oxygen atoms in total. The van der Waals surface area contributed by atoms with Gasteiger partial charge in [0.1, 0.15) is 5.60 Å². The molecule has 0 aliphatic carbocycles. The van der Waals surface area contributed by atoms with E-state index >= 15 is 0 Å². The quantitative estimate of drug-likeness (QED) is 0.778. The minimum absolute atomic E-state index is 0.0654. The second-order valence-corrected chi connectivity index (χ2v) is 10.0. The third-order valence-electron chi connectivity index (χ3n) is 5.18. The second-order valence-electron chi connectivity index (χ2n) is 8.38. The minimum atomic E-state index is -4.14. The highest BCUT2D eigenvalue weighted by molar-refractivity contribution is 7.87. The van der Waals surface area contributed by atoms with Gasteiger partial charge in [0.25, 0.3) is 0 Å². The first kappa shape index (κ1) is 19.9. The molecule has 1 fully saturated rings. The Labute approximate surface area is 169 Å². The van der Waals surface area contributed by atoms with Crippen LogP contribution in [-0.4, -0.2) is 58.3 Å². The average Bonchev–Trinajstić information content (AvgIpc) is 3.27. The molecular weight excluding hydrogens is 396 g/mol. The van der Waals surface area contributed by atoms with Crippen LogP contribution < -0.4 is 4.72 Å². The largest absolute Gasteiger partial charge is 0.443 e. The maximum Gasteiger partial charge on any atom is 0.422 e. The number of aliphatic hydroxyl groups is 1. The molecule has 1 amide bonds. The summed E-state index contributed by atoms with van der Waals surface area (Å²) in [5.74, 6) is -0.387. The number of benzene rings is 1. The zero-order chi connectivity index (χ0) is 21.0. The summed E-state index contributed by atoms with van der Waals surface area (Å²) in [6.45, 7) is 4.90. The summed E-state index contributed by atoms with van der Waals surface area (Å²) in [7, 11) is -4.14. The number of nitrogens with one attached hydrogen (secondary N) is 1. The summed E-state index contributed by atoms with van der Waals surface area (Å²) in [4.78, 5) is 16.1. The number of carbonyl (C=O) groups is 1. The number of rotatable bonds is 3. The molecule has 1 aromatic carbocycles. The molecule has 3 unspecified atom stereocenters. The monoisotopic (exact) mass is 420 g/mol. The highest BCUT2D eigenvalue weighted by Gasteiger charge is 2.46. The van der Waals surface area contributed by atoms with Gasteiger partial charge in [-0.2, -0.15) is 12.7 Å². The van der Waals surface area contributed by atoms with Crippen molar-refractivity contribution in [3.05, 3.63) is 42.4 Å². The standard InChI is InChI=1S/C19H24N4O5S/c1-19(2,3)28-18(25)21-29(26,27)22-9-14(16(24)10-22)17-13-7-5-4-6-12(13)15-8-20-11-23(15)17/h4-8,11,14,16-17,24H,9-10H2,1-3H3,(H,21,25). The van der Waals surface area contributed by atoms with E-state index in [1.807, 2.05) is 33.6 Å². The van der Waals surface area contributed by atoms with E-state index in [4.69, 9.17) is 4.74 Å². The lowest BCUT2D eigenvalue weighted by Gasteiger charge is -2.24. The summed E-state index contributed by atoms with van der Waals surface area (Å²) in [6, 6.07) is 7.59. The van der Waals surface area contributed by atoms with E-state index in [2.05, 4.69) is 4.98 Å². The zero-order valence-electron chi connectivity index (χ0n) is 16.4. The number of fused-ring (bicyclic) bond motifs is 3. The Morgan fingerprint density at radius 1 is 1.28 bits per heavy atom. The van der Waals surface area contributed by atoms with Gasteiger partial charge in [0.15, 0.2) is 0 Å². The summed E-state index contributed by atoms with van der Waals surface area (Å²) in [6.07, 6.45) is 1.52. The van der Waals surface area contributed by atoms with Crippen LogP contribution in [0.5, 0.6) is 0 Å². The molecule has 0 spiro atoms. The number of amides is 1. The molecule has 2 N–H and O–H groups in total. The lowest BCUT2D eigenvalue weighted by atomic mass is 9.90. The fourth-order valence-electron chi connectivity index (χ4n) is 4.06. The van der Waals surface area contributed by atoms with Gasteiger partial charge in [-0.3, -0.25) is 0 Å². The van der Waals surface area contributed by atoms with Gasteiger partial charge >= 0.3 is 16.3 Å². The van der Waals surface area contributed by atoms with Crippen molar-refractivity contribution in [2.75, 3.05) is 13.1 Å². The molecular formula is C19H24N4O5S. The maximum atomic E-state index is 12.7. The molecule has 156 valence electrons. The van der Waals surface area contributed by atoms with Crippen LogP contribution in [0, 0.1) is 5.92 Å². The Balaban J connectivity index is 1.56. The fourth-order valence-corrected chi connectivity index (χ4v) is 5.16. The molecule has 1 saturated heterocycles. The number of aromatic nitrogens is 2. The number of imidazole rings is 1. The predicted octanol–water partition coefficient (Wildman–Crippen LogP) is 1.52. The maximum absolute atomic E-state index is 12.7. The van der Waals surface area contributed by atoms with Gasteiger partial charge in [-0.05, 0) is 26.3 Å². The van der Waals surface area contributed by atoms with Crippen LogP contribution in [0.25, 0.3) is 11.3 Å². The summed E-state index contributed by atoms with van der Waals surface area (Å²) in [5, 5.41) is 10.7. The lowest BCUT2D eigenvalue weighted by Crippen LogP contribution is -2.44. The highest BCUT2D eigenvalue weighted by Crippen LogP contribution is 2.45. The van der Waals surface area contributed by atoms with Gasteiger partial charge < -0.3 is 14.4 Å². The first-order valence-electron chi connectivity index (χ1n) is 9.37. The van der Waals surface area contributed by atoms with Gasteiger partial charge in [-0.15, -0.1) is 0 Å². The van der Waals surface area contributed by atoms with Gasteiger partial charge in [0, 0.05) is 24.6 Å². The number of ether oxygens (including phenoxy) is 1. The minimum Gasteiger partial charge on any atom is -0.443 e. The molecule has 2 aliphatic heterocycles. The third kappa shape index (κ3) is 3.63. The number of β-amino-alcohol motifs (C(OH)–C–C–N with tert-alkyl or cyclic N) is 1. The van der Waals surface area contributed by atoms with E-state index < -0.39 is 28.0 Å². The molecule has 3 heterocycles. The Hall–Kier alpha value is -2.43. The Bertz CT molecular complexity index is 1040. The van der Waals surface area contributed by atoms with Crippen LogP contribution >= 0.6 is 0 Å². The molecule has 2 aliphatic rings. The molecule has 0 bridgehead atoms. The predicted molar refractivity (Wildman–Crippen MR) is 105 cm³/mol. The molecule has 4 rings (SSSR count). The first-order valence-corrected chi connectivity index (χ1v) is 10.8. The molecule has 0 saturated carbocycles. The smallest absolute Gasteiger partial charge is 0.422 e. The third-order valence-corrected chi connectivity index (χ3v) is 6.58. The van der Waals surface area contributed by atoms with E-state index in [1.54, 1.807) is 33.3 Å². The van der Waals surface area contributed by atoms with Gasteiger partial charge in [-0.25, -0.2) is 14.5 Å². The van der Waals surface area contributed by atoms with Crippen molar-refractivity contribution in [2.45, 2.75) is 38.5 Å². The van der Waals surface area contributed by atoms with E-state index in [0.29, 0.717) is 0 Å². The van der Waals surface area contributed by atoms with Crippen molar-refractivity contribution in [3.63, 3.8) is 0 Å². The van der Waals surface area contributed by atoms with Gasteiger partial charge in [-0.1, -0.05) is 24.3 Å². The van der Waals surface area contributed by atoms with Crippen LogP contribution in [0.15, 0.2) is 36.8 Å². The second kappa shape index (κ2) is 6.82. The zero-order valence-corrected chi connectivity index (χ0v) is 17.3. The molecule has 2 aromatic rings. The van der Waals surface area contributed by atoms with Gasteiger partial charge in [0.2, 0.25) is 0 Å². The molecule has 3 atom stereocenters. The van der Waals surface area contributed by atoms with Crippen LogP contribution in [0.2, 0.25) is 0 Å². The van der Waals surface area contributed by atoms with E-state index in [1.165, 1.54) is 0 Å². The van der Waals surface area contributed by atoms with Crippen LogP contribution in [0.1, 0.15) is 32.4 Å². The Kier molecular flexibility index (Phi) is 4.67. The highest BCUT2D eigenvalue weighted by atomic mass is 32.2. The number of hydrogen-bond donors (Lipinski definition) is 2. The lowest BCUT2D eigenvalue weighted by molar-refractivity contribution is 0.0567. The van der Waals surface area contributed by atoms with Crippen LogP contribution in [0.4, 0.5) is 4.79 Å². The van der Waals surface area contributed by atoms with E-state index in [0.717, 1.165) is 21.1 Å². The van der Waals surface area contributed by atoms with Crippen molar-refractivity contribution < 1.29 is 23.1 Å². The number of carbonyl (C=O) groups excluding carboxylic acids is 1. The van der Waals surface area contributed by atoms with E-state index in [-0.39, 0.29) is 25.0 Å². The van der Waals surface area contributed by atoms with Crippen LogP contribution in [-0.2, 0) is 14.9 Å². The van der Waals surface area contributed by atoms with Crippen molar-refractivity contribution in [1.82, 2.24) is 18.6 Å².